The number of aryl methyl sites for hydroxylation is 1. The molecule has 2 aromatic rings. The zero-order valence-electron chi connectivity index (χ0n) is 12.1. The van der Waals surface area contributed by atoms with Crippen molar-refractivity contribution < 1.29 is 19.4 Å². The van der Waals surface area contributed by atoms with Crippen molar-refractivity contribution in [2.45, 2.75) is 19.1 Å². The predicted molar refractivity (Wildman–Crippen MR) is 80.5 cm³/mol. The number of aromatic nitrogens is 1. The first-order valence-corrected chi connectivity index (χ1v) is 7.31. The number of hydrogen-bond donors (Lipinski definition) is 1. The number of aliphatic carboxylic acids is 1. The van der Waals surface area contributed by atoms with Gasteiger partial charge in [0, 0.05) is 31.2 Å². The zero-order valence-corrected chi connectivity index (χ0v) is 12.1. The molecule has 3 rings (SSSR count). The van der Waals surface area contributed by atoms with E-state index in [1.165, 1.54) is 0 Å². The van der Waals surface area contributed by atoms with E-state index in [1.54, 1.807) is 4.90 Å². The molecule has 1 aliphatic heterocycles. The molecule has 1 aliphatic rings. The molecule has 1 N–H and O–H groups in total. The van der Waals surface area contributed by atoms with E-state index in [0.29, 0.717) is 19.5 Å². The number of para-hydroxylation sites is 1. The first-order chi connectivity index (χ1) is 10.6. The highest BCUT2D eigenvalue weighted by Gasteiger charge is 2.28. The van der Waals surface area contributed by atoms with Gasteiger partial charge in [-0.15, -0.1) is 0 Å². The van der Waals surface area contributed by atoms with E-state index in [0.717, 1.165) is 10.9 Å². The summed E-state index contributed by atoms with van der Waals surface area (Å²) in [5, 5.41) is 10.1. The fourth-order valence-electron chi connectivity index (χ4n) is 2.74. The van der Waals surface area contributed by atoms with Crippen molar-refractivity contribution in [1.29, 1.82) is 0 Å². The average molecular weight is 302 g/mol. The van der Waals surface area contributed by atoms with E-state index in [1.807, 2.05) is 41.1 Å². The van der Waals surface area contributed by atoms with Gasteiger partial charge in [-0.2, -0.15) is 0 Å². The van der Waals surface area contributed by atoms with Gasteiger partial charge in [0.15, 0.2) is 6.10 Å². The SMILES string of the molecule is O=C(O)[C@H]1CN(C(=O)CCn2ccc3ccccc32)CCO1. The standard InChI is InChI=1S/C16H18N2O4/c19-15(18-9-10-22-14(11-18)16(20)21)6-8-17-7-5-12-3-1-2-4-13(12)17/h1-5,7,14H,6,8-11H2,(H,20,21)/t14-/m1/s1. The fraction of sp³-hybridized carbons (Fsp3) is 0.375. The molecule has 0 saturated carbocycles. The van der Waals surface area contributed by atoms with Crippen LogP contribution < -0.4 is 0 Å². The smallest absolute Gasteiger partial charge is 0.334 e. The van der Waals surface area contributed by atoms with Gasteiger partial charge in [-0.25, -0.2) is 4.79 Å². The quantitative estimate of drug-likeness (QED) is 0.925. The first kappa shape index (κ1) is 14.6. The van der Waals surface area contributed by atoms with Crippen molar-refractivity contribution in [3.63, 3.8) is 0 Å². The normalized spacial score (nSPS) is 18.5. The maximum atomic E-state index is 12.3. The lowest BCUT2D eigenvalue weighted by Crippen LogP contribution is -2.48. The summed E-state index contributed by atoms with van der Waals surface area (Å²) in [7, 11) is 0. The second-order valence-electron chi connectivity index (χ2n) is 5.36. The molecule has 1 atom stereocenters. The summed E-state index contributed by atoms with van der Waals surface area (Å²) in [6.45, 7) is 1.44. The minimum atomic E-state index is -1.02. The average Bonchev–Trinajstić information content (AvgIpc) is 2.96. The molecule has 1 amide bonds. The highest BCUT2D eigenvalue weighted by molar-refractivity contribution is 5.81. The predicted octanol–water partition coefficient (Wildman–Crippen LogP) is 1.34. The maximum Gasteiger partial charge on any atom is 0.334 e. The van der Waals surface area contributed by atoms with Gasteiger partial charge >= 0.3 is 5.97 Å². The molecule has 1 fully saturated rings. The van der Waals surface area contributed by atoms with Crippen molar-refractivity contribution in [3.8, 4) is 0 Å². The third-order valence-corrected chi connectivity index (χ3v) is 3.94. The van der Waals surface area contributed by atoms with Crippen LogP contribution in [0.4, 0.5) is 0 Å². The second-order valence-corrected chi connectivity index (χ2v) is 5.36. The minimum absolute atomic E-state index is 0.0349. The maximum absolute atomic E-state index is 12.3. The number of benzene rings is 1. The van der Waals surface area contributed by atoms with Crippen LogP contribution in [0.15, 0.2) is 36.5 Å². The molecule has 6 heteroatoms. The Morgan fingerprint density at radius 1 is 1.27 bits per heavy atom. The Morgan fingerprint density at radius 2 is 2.09 bits per heavy atom. The molecule has 0 unspecified atom stereocenters. The van der Waals surface area contributed by atoms with E-state index in [-0.39, 0.29) is 19.1 Å². The molecule has 0 bridgehead atoms. The van der Waals surface area contributed by atoms with Crippen molar-refractivity contribution in [1.82, 2.24) is 9.47 Å². The van der Waals surface area contributed by atoms with Crippen LogP contribution in [-0.4, -0.2) is 52.3 Å². The molecule has 1 saturated heterocycles. The van der Waals surface area contributed by atoms with Crippen LogP contribution in [0, 0.1) is 0 Å². The number of ether oxygens (including phenoxy) is 1. The Bertz CT molecular complexity index is 694. The second kappa shape index (κ2) is 6.19. The number of carbonyl (C=O) groups excluding carboxylic acids is 1. The number of hydrogen-bond acceptors (Lipinski definition) is 3. The molecule has 1 aromatic heterocycles. The minimum Gasteiger partial charge on any atom is -0.479 e. The number of carbonyl (C=O) groups is 2. The van der Waals surface area contributed by atoms with Gasteiger partial charge in [0.25, 0.3) is 0 Å². The van der Waals surface area contributed by atoms with Crippen LogP contribution in [0.5, 0.6) is 0 Å². The van der Waals surface area contributed by atoms with Gasteiger partial charge in [-0.3, -0.25) is 4.79 Å². The first-order valence-electron chi connectivity index (χ1n) is 7.31. The van der Waals surface area contributed by atoms with Crippen LogP contribution in [0.2, 0.25) is 0 Å². The van der Waals surface area contributed by atoms with Crippen molar-refractivity contribution in [2.24, 2.45) is 0 Å². The third-order valence-electron chi connectivity index (χ3n) is 3.94. The number of carboxylic acid groups (broad SMARTS) is 1. The van der Waals surface area contributed by atoms with Gasteiger partial charge in [0.2, 0.25) is 5.91 Å². The van der Waals surface area contributed by atoms with Crippen LogP contribution in [0.1, 0.15) is 6.42 Å². The van der Waals surface area contributed by atoms with Gasteiger partial charge in [-0.1, -0.05) is 18.2 Å². The largest absolute Gasteiger partial charge is 0.479 e. The Balaban J connectivity index is 1.61. The molecule has 116 valence electrons. The lowest BCUT2D eigenvalue weighted by molar-refractivity contribution is -0.159. The summed E-state index contributed by atoms with van der Waals surface area (Å²) in [6, 6.07) is 10.0. The number of nitrogens with zero attached hydrogens (tertiary/aromatic N) is 2. The van der Waals surface area contributed by atoms with E-state index in [2.05, 4.69) is 0 Å². The van der Waals surface area contributed by atoms with E-state index in [9.17, 15) is 9.59 Å². The number of morpholine rings is 1. The number of fused-ring (bicyclic) bond motifs is 1. The summed E-state index contributed by atoms with van der Waals surface area (Å²) in [6.07, 6.45) is 1.41. The lowest BCUT2D eigenvalue weighted by atomic mass is 10.2. The third kappa shape index (κ3) is 2.96. The molecular formula is C16H18N2O4. The molecule has 1 aromatic carbocycles. The van der Waals surface area contributed by atoms with Crippen LogP contribution in [0.25, 0.3) is 10.9 Å². The highest BCUT2D eigenvalue weighted by atomic mass is 16.5. The van der Waals surface area contributed by atoms with Crippen LogP contribution in [0.3, 0.4) is 0 Å². The molecule has 0 aliphatic carbocycles. The highest BCUT2D eigenvalue weighted by Crippen LogP contribution is 2.16. The zero-order chi connectivity index (χ0) is 15.5. The number of rotatable bonds is 4. The number of carboxylic acids is 1. The molecule has 0 spiro atoms. The molecule has 22 heavy (non-hydrogen) atoms. The molecule has 6 nitrogen and oxygen atoms in total. The Labute approximate surface area is 127 Å². The molecule has 0 radical (unpaired) electrons. The fourth-order valence-corrected chi connectivity index (χ4v) is 2.74. The van der Waals surface area contributed by atoms with Gasteiger partial charge < -0.3 is 19.3 Å². The monoisotopic (exact) mass is 302 g/mol. The summed E-state index contributed by atoms with van der Waals surface area (Å²) >= 11 is 0. The summed E-state index contributed by atoms with van der Waals surface area (Å²) in [5.41, 5.74) is 1.10. The van der Waals surface area contributed by atoms with Crippen molar-refractivity contribution in [2.75, 3.05) is 19.7 Å². The summed E-state index contributed by atoms with van der Waals surface area (Å²) in [4.78, 5) is 24.8. The van der Waals surface area contributed by atoms with E-state index in [4.69, 9.17) is 9.84 Å². The summed E-state index contributed by atoms with van der Waals surface area (Å²) in [5.74, 6) is -1.05. The number of amides is 1. The van der Waals surface area contributed by atoms with Crippen molar-refractivity contribution in [3.05, 3.63) is 36.5 Å². The van der Waals surface area contributed by atoms with Gasteiger partial charge in [0.1, 0.15) is 0 Å². The summed E-state index contributed by atoms with van der Waals surface area (Å²) < 4.78 is 7.17. The molecular weight excluding hydrogens is 284 g/mol. The lowest BCUT2D eigenvalue weighted by Gasteiger charge is -2.31. The van der Waals surface area contributed by atoms with Gasteiger partial charge in [-0.05, 0) is 17.5 Å². The van der Waals surface area contributed by atoms with Crippen LogP contribution >= 0.6 is 0 Å². The molecule has 2 heterocycles. The Kier molecular flexibility index (Phi) is 4.11. The Hall–Kier alpha value is -2.34. The Morgan fingerprint density at radius 3 is 2.91 bits per heavy atom. The van der Waals surface area contributed by atoms with E-state index < -0.39 is 12.1 Å². The topological polar surface area (TPSA) is 71.8 Å². The van der Waals surface area contributed by atoms with E-state index >= 15 is 0 Å². The van der Waals surface area contributed by atoms with Gasteiger partial charge in [0.05, 0.1) is 13.2 Å². The van der Waals surface area contributed by atoms with Crippen LogP contribution in [-0.2, 0) is 20.9 Å². The van der Waals surface area contributed by atoms with Crippen molar-refractivity contribution >= 4 is 22.8 Å².